The zero-order valence-electron chi connectivity index (χ0n) is 8.48. The van der Waals surface area contributed by atoms with Gasteiger partial charge in [0.25, 0.3) is 0 Å². The van der Waals surface area contributed by atoms with E-state index < -0.39 is 0 Å². The second-order valence-corrected chi connectivity index (χ2v) is 4.08. The van der Waals surface area contributed by atoms with Gasteiger partial charge in [-0.3, -0.25) is 4.90 Å². The van der Waals surface area contributed by atoms with E-state index in [2.05, 4.69) is 11.9 Å². The minimum Gasteiger partial charge on any atom is -0.447 e. The second kappa shape index (κ2) is 3.74. The summed E-state index contributed by atoms with van der Waals surface area (Å²) in [5.41, 5.74) is 5.60. The number of carbonyl (C=O) groups is 1. The fraction of sp³-hybridized carbons (Fsp3) is 0.889. The molecular weight excluding hydrogens is 182 g/mol. The van der Waals surface area contributed by atoms with E-state index in [4.69, 9.17) is 10.5 Å². The molecule has 2 aliphatic rings. The van der Waals surface area contributed by atoms with Crippen molar-refractivity contribution in [3.63, 3.8) is 0 Å². The molecule has 2 unspecified atom stereocenters. The molecule has 0 radical (unpaired) electrons. The first-order valence-corrected chi connectivity index (χ1v) is 5.06. The van der Waals surface area contributed by atoms with Crippen molar-refractivity contribution in [2.24, 2.45) is 5.73 Å². The molecule has 2 N–H and O–H groups in total. The average molecular weight is 199 g/mol. The summed E-state index contributed by atoms with van der Waals surface area (Å²) < 4.78 is 5.01. The topological polar surface area (TPSA) is 58.8 Å². The number of likely N-dealkylation sites (tertiary alicyclic amines) is 1. The van der Waals surface area contributed by atoms with Crippen molar-refractivity contribution < 1.29 is 9.53 Å². The number of ether oxygens (including phenoxy) is 1. The highest BCUT2D eigenvalue weighted by Gasteiger charge is 2.39. The SMILES string of the molecule is CN1CCC(N2C(=O)OCC2CN)C1. The molecule has 80 valence electrons. The number of likely N-dealkylation sites (N-methyl/N-ethyl adjacent to an activating group) is 1. The number of carbonyl (C=O) groups excluding carboxylic acids is 1. The van der Waals surface area contributed by atoms with Crippen molar-refractivity contribution in [2.75, 3.05) is 33.3 Å². The molecule has 2 heterocycles. The number of hydrogen-bond donors (Lipinski definition) is 1. The van der Waals surface area contributed by atoms with Crippen LogP contribution in [0.4, 0.5) is 4.79 Å². The van der Waals surface area contributed by atoms with Gasteiger partial charge in [-0.25, -0.2) is 4.79 Å². The summed E-state index contributed by atoms with van der Waals surface area (Å²) in [5.74, 6) is 0. The van der Waals surface area contributed by atoms with Gasteiger partial charge in [0.2, 0.25) is 0 Å². The van der Waals surface area contributed by atoms with Crippen LogP contribution in [0.5, 0.6) is 0 Å². The lowest BCUT2D eigenvalue weighted by Crippen LogP contribution is -2.46. The molecule has 0 aromatic rings. The van der Waals surface area contributed by atoms with Crippen LogP contribution in [0.2, 0.25) is 0 Å². The smallest absolute Gasteiger partial charge is 0.410 e. The maximum absolute atomic E-state index is 11.5. The van der Waals surface area contributed by atoms with Crippen molar-refractivity contribution >= 4 is 6.09 Å². The lowest BCUT2D eigenvalue weighted by molar-refractivity contribution is 0.145. The maximum atomic E-state index is 11.5. The van der Waals surface area contributed by atoms with E-state index in [1.165, 1.54) is 0 Å². The zero-order chi connectivity index (χ0) is 10.1. The number of amides is 1. The van der Waals surface area contributed by atoms with Gasteiger partial charge >= 0.3 is 6.09 Å². The van der Waals surface area contributed by atoms with E-state index in [1.54, 1.807) is 0 Å². The molecule has 5 heteroatoms. The van der Waals surface area contributed by atoms with Crippen LogP contribution in [-0.2, 0) is 4.74 Å². The average Bonchev–Trinajstić information content (AvgIpc) is 2.71. The fourth-order valence-corrected chi connectivity index (χ4v) is 2.24. The van der Waals surface area contributed by atoms with E-state index >= 15 is 0 Å². The third kappa shape index (κ3) is 1.57. The van der Waals surface area contributed by atoms with Gasteiger partial charge in [-0.2, -0.15) is 0 Å². The Balaban J connectivity index is 2.04. The highest BCUT2D eigenvalue weighted by molar-refractivity contribution is 5.70. The van der Waals surface area contributed by atoms with Crippen LogP contribution in [0.25, 0.3) is 0 Å². The summed E-state index contributed by atoms with van der Waals surface area (Å²) in [7, 11) is 2.07. The minimum atomic E-state index is -0.194. The molecule has 0 saturated carbocycles. The Morgan fingerprint density at radius 2 is 2.43 bits per heavy atom. The lowest BCUT2D eigenvalue weighted by Gasteiger charge is -2.26. The Bertz CT molecular complexity index is 234. The fourth-order valence-electron chi connectivity index (χ4n) is 2.24. The van der Waals surface area contributed by atoms with E-state index in [9.17, 15) is 4.79 Å². The Labute approximate surface area is 83.8 Å². The summed E-state index contributed by atoms with van der Waals surface area (Å²) in [6, 6.07) is 0.377. The Kier molecular flexibility index (Phi) is 2.60. The number of nitrogens with zero attached hydrogens (tertiary/aromatic N) is 2. The molecule has 0 spiro atoms. The van der Waals surface area contributed by atoms with Gasteiger partial charge in [-0.05, 0) is 20.0 Å². The van der Waals surface area contributed by atoms with Crippen LogP contribution < -0.4 is 5.73 Å². The van der Waals surface area contributed by atoms with Crippen LogP contribution in [-0.4, -0.2) is 61.3 Å². The number of nitrogens with two attached hydrogens (primary N) is 1. The van der Waals surface area contributed by atoms with E-state index in [-0.39, 0.29) is 12.1 Å². The molecule has 2 rings (SSSR count). The van der Waals surface area contributed by atoms with Crippen molar-refractivity contribution in [1.29, 1.82) is 0 Å². The van der Waals surface area contributed by atoms with Crippen LogP contribution in [0.3, 0.4) is 0 Å². The standard InChI is InChI=1S/C9H17N3O2/c1-11-3-2-7(5-11)12-8(4-10)6-14-9(12)13/h7-8H,2-6,10H2,1H3. The first kappa shape index (κ1) is 9.73. The van der Waals surface area contributed by atoms with Gasteiger partial charge in [0.1, 0.15) is 6.61 Å². The monoisotopic (exact) mass is 199 g/mol. The van der Waals surface area contributed by atoms with Gasteiger partial charge in [0.15, 0.2) is 0 Å². The predicted molar refractivity (Wildman–Crippen MR) is 51.9 cm³/mol. The predicted octanol–water partition coefficient (Wildman–Crippen LogP) is -0.530. The van der Waals surface area contributed by atoms with E-state index in [1.807, 2.05) is 4.90 Å². The maximum Gasteiger partial charge on any atom is 0.410 e. The molecule has 1 amide bonds. The van der Waals surface area contributed by atoms with Gasteiger partial charge in [0.05, 0.1) is 6.04 Å². The Hall–Kier alpha value is -0.810. The zero-order valence-corrected chi connectivity index (χ0v) is 8.48. The number of cyclic esters (lactones) is 1. The highest BCUT2D eigenvalue weighted by Crippen LogP contribution is 2.21. The molecule has 2 atom stereocenters. The summed E-state index contributed by atoms with van der Waals surface area (Å²) >= 11 is 0. The molecule has 14 heavy (non-hydrogen) atoms. The van der Waals surface area contributed by atoms with E-state index in [0.29, 0.717) is 19.2 Å². The third-order valence-electron chi connectivity index (χ3n) is 3.04. The van der Waals surface area contributed by atoms with Crippen LogP contribution in [0.1, 0.15) is 6.42 Å². The molecule has 2 fully saturated rings. The van der Waals surface area contributed by atoms with E-state index in [0.717, 1.165) is 19.5 Å². The lowest BCUT2D eigenvalue weighted by atomic mass is 10.2. The van der Waals surface area contributed by atoms with Crippen LogP contribution in [0.15, 0.2) is 0 Å². The third-order valence-corrected chi connectivity index (χ3v) is 3.04. The molecule has 0 aromatic carbocycles. The molecular formula is C9H17N3O2. The van der Waals surface area contributed by atoms with Crippen LogP contribution >= 0.6 is 0 Å². The first-order chi connectivity index (χ1) is 6.72. The first-order valence-electron chi connectivity index (χ1n) is 5.06. The second-order valence-electron chi connectivity index (χ2n) is 4.08. The van der Waals surface area contributed by atoms with Crippen molar-refractivity contribution in [2.45, 2.75) is 18.5 Å². The summed E-state index contributed by atoms with van der Waals surface area (Å²) in [4.78, 5) is 15.5. The van der Waals surface area contributed by atoms with Crippen molar-refractivity contribution in [3.05, 3.63) is 0 Å². The summed E-state index contributed by atoms with van der Waals surface area (Å²) in [6.45, 7) is 2.93. The van der Waals surface area contributed by atoms with Crippen molar-refractivity contribution in [1.82, 2.24) is 9.80 Å². The quantitative estimate of drug-likeness (QED) is 0.649. The minimum absolute atomic E-state index is 0.0824. The summed E-state index contributed by atoms with van der Waals surface area (Å²) in [5, 5.41) is 0. The van der Waals surface area contributed by atoms with Crippen molar-refractivity contribution in [3.8, 4) is 0 Å². The number of rotatable bonds is 2. The van der Waals surface area contributed by atoms with Gasteiger partial charge in [-0.1, -0.05) is 0 Å². The molecule has 2 aliphatic heterocycles. The molecule has 2 saturated heterocycles. The molecule has 0 aliphatic carbocycles. The molecule has 0 bridgehead atoms. The number of hydrogen-bond acceptors (Lipinski definition) is 4. The molecule has 5 nitrogen and oxygen atoms in total. The van der Waals surface area contributed by atoms with Gasteiger partial charge in [0, 0.05) is 19.1 Å². The normalized spacial score (nSPS) is 33.9. The van der Waals surface area contributed by atoms with Crippen LogP contribution in [0, 0.1) is 0 Å². The Morgan fingerprint density at radius 3 is 3.00 bits per heavy atom. The largest absolute Gasteiger partial charge is 0.447 e. The molecule has 0 aromatic heterocycles. The summed E-state index contributed by atoms with van der Waals surface area (Å²) in [6.07, 6.45) is 0.836. The highest BCUT2D eigenvalue weighted by atomic mass is 16.6. The van der Waals surface area contributed by atoms with Gasteiger partial charge < -0.3 is 15.4 Å². The van der Waals surface area contributed by atoms with Gasteiger partial charge in [-0.15, -0.1) is 0 Å². The Morgan fingerprint density at radius 1 is 1.64 bits per heavy atom.